The Kier molecular flexibility index (Phi) is 4.67. The molecule has 2 rings (SSSR count). The lowest BCUT2D eigenvalue weighted by molar-refractivity contribution is -0.135. The lowest BCUT2D eigenvalue weighted by atomic mass is 9.93. The Labute approximate surface area is 123 Å². The Morgan fingerprint density at radius 3 is 1.76 bits per heavy atom. The molecule has 0 aliphatic carbocycles. The number of methoxy groups -OCH3 is 1. The first-order valence-electron chi connectivity index (χ1n) is 6.59. The van der Waals surface area contributed by atoms with E-state index in [0.717, 1.165) is 0 Å². The standard InChI is InChI=1S/C18H16O3/c1-13(18(20)21-2)16(14-9-5-3-6-10-14)17(19)15-11-7-4-8-12-15/h3-12H,1-2H3/b16-13-. The number of Topliss-reactive ketones (excluding diaryl/α,β-unsaturated/α-hetero) is 1. The van der Waals surface area contributed by atoms with Crippen LogP contribution in [0.1, 0.15) is 22.8 Å². The molecule has 0 radical (unpaired) electrons. The Balaban J connectivity index is 2.58. The molecule has 3 heteroatoms. The summed E-state index contributed by atoms with van der Waals surface area (Å²) in [5, 5.41) is 0. The van der Waals surface area contributed by atoms with Crippen molar-refractivity contribution in [3.05, 3.63) is 77.4 Å². The van der Waals surface area contributed by atoms with Crippen molar-refractivity contribution < 1.29 is 14.3 Å². The highest BCUT2D eigenvalue weighted by atomic mass is 16.5. The summed E-state index contributed by atoms with van der Waals surface area (Å²) in [6.07, 6.45) is 0. The third-order valence-corrected chi connectivity index (χ3v) is 3.19. The van der Waals surface area contributed by atoms with E-state index in [1.807, 2.05) is 36.4 Å². The van der Waals surface area contributed by atoms with Gasteiger partial charge in [0.25, 0.3) is 0 Å². The summed E-state index contributed by atoms with van der Waals surface area (Å²) >= 11 is 0. The Hall–Kier alpha value is -2.68. The summed E-state index contributed by atoms with van der Waals surface area (Å²) in [4.78, 5) is 24.6. The average molecular weight is 280 g/mol. The number of rotatable bonds is 4. The molecule has 0 aliphatic rings. The molecule has 21 heavy (non-hydrogen) atoms. The topological polar surface area (TPSA) is 43.4 Å². The zero-order valence-corrected chi connectivity index (χ0v) is 12.0. The number of carbonyl (C=O) groups excluding carboxylic acids is 2. The first kappa shape index (κ1) is 14.7. The van der Waals surface area contributed by atoms with E-state index in [2.05, 4.69) is 0 Å². The predicted molar refractivity (Wildman–Crippen MR) is 81.8 cm³/mol. The molecular weight excluding hydrogens is 264 g/mol. The minimum absolute atomic E-state index is 0.190. The fraction of sp³-hybridized carbons (Fsp3) is 0.111. The fourth-order valence-corrected chi connectivity index (χ4v) is 2.11. The number of carbonyl (C=O) groups is 2. The van der Waals surface area contributed by atoms with Crippen molar-refractivity contribution in [3.63, 3.8) is 0 Å². The molecule has 0 N–H and O–H groups in total. The summed E-state index contributed by atoms with van der Waals surface area (Å²) in [5.74, 6) is -0.692. The van der Waals surface area contributed by atoms with Crippen LogP contribution in [0.3, 0.4) is 0 Å². The summed E-state index contributed by atoms with van der Waals surface area (Å²) < 4.78 is 4.75. The first-order chi connectivity index (χ1) is 10.1. The van der Waals surface area contributed by atoms with E-state index in [4.69, 9.17) is 4.74 Å². The van der Waals surface area contributed by atoms with Gasteiger partial charge in [-0.15, -0.1) is 0 Å². The summed E-state index contributed by atoms with van der Waals surface area (Å²) in [5.41, 5.74) is 1.92. The second kappa shape index (κ2) is 6.66. The highest BCUT2D eigenvalue weighted by Gasteiger charge is 2.20. The molecule has 0 heterocycles. The number of ketones is 1. The number of hydrogen-bond donors (Lipinski definition) is 0. The zero-order chi connectivity index (χ0) is 15.2. The smallest absolute Gasteiger partial charge is 0.334 e. The number of hydrogen-bond acceptors (Lipinski definition) is 3. The van der Waals surface area contributed by atoms with Crippen molar-refractivity contribution in [1.29, 1.82) is 0 Å². The van der Waals surface area contributed by atoms with Gasteiger partial charge in [0.15, 0.2) is 5.78 Å². The first-order valence-corrected chi connectivity index (χ1v) is 6.59. The van der Waals surface area contributed by atoms with Crippen LogP contribution in [0, 0.1) is 0 Å². The van der Waals surface area contributed by atoms with Gasteiger partial charge in [0.1, 0.15) is 0 Å². The van der Waals surface area contributed by atoms with Gasteiger partial charge < -0.3 is 4.74 Å². The molecule has 0 aliphatic heterocycles. The lowest BCUT2D eigenvalue weighted by Gasteiger charge is -2.11. The molecule has 0 fully saturated rings. The van der Waals surface area contributed by atoms with Gasteiger partial charge in [-0.25, -0.2) is 4.79 Å². The van der Waals surface area contributed by atoms with Crippen LogP contribution in [0.25, 0.3) is 5.57 Å². The fourth-order valence-electron chi connectivity index (χ4n) is 2.11. The molecule has 0 bridgehead atoms. The number of esters is 1. The maximum absolute atomic E-state index is 12.7. The predicted octanol–water partition coefficient (Wildman–Crippen LogP) is 3.52. The van der Waals surface area contributed by atoms with E-state index in [-0.39, 0.29) is 5.78 Å². The Morgan fingerprint density at radius 1 is 0.810 bits per heavy atom. The van der Waals surface area contributed by atoms with Crippen molar-refractivity contribution in [1.82, 2.24) is 0 Å². The average Bonchev–Trinajstić information content (AvgIpc) is 2.56. The van der Waals surface area contributed by atoms with Crippen molar-refractivity contribution in [2.24, 2.45) is 0 Å². The number of ether oxygens (including phenoxy) is 1. The summed E-state index contributed by atoms with van der Waals surface area (Å²) in [6, 6.07) is 18.0. The number of benzene rings is 2. The highest BCUT2D eigenvalue weighted by molar-refractivity contribution is 6.32. The van der Waals surface area contributed by atoms with E-state index in [9.17, 15) is 9.59 Å². The Morgan fingerprint density at radius 2 is 1.29 bits per heavy atom. The molecule has 3 nitrogen and oxygen atoms in total. The van der Waals surface area contributed by atoms with Crippen molar-refractivity contribution in [2.45, 2.75) is 6.92 Å². The molecule has 0 unspecified atom stereocenters. The lowest BCUT2D eigenvalue weighted by Crippen LogP contribution is -2.11. The van der Waals surface area contributed by atoms with Crippen molar-refractivity contribution >= 4 is 17.3 Å². The van der Waals surface area contributed by atoms with Crippen LogP contribution in [-0.4, -0.2) is 18.9 Å². The SMILES string of the molecule is COC(=O)/C(C)=C(\C(=O)c1ccccc1)c1ccccc1. The molecule has 106 valence electrons. The van der Waals surface area contributed by atoms with Gasteiger partial charge in [0.2, 0.25) is 0 Å². The van der Waals surface area contributed by atoms with Gasteiger partial charge in [-0.2, -0.15) is 0 Å². The van der Waals surface area contributed by atoms with E-state index >= 15 is 0 Å². The van der Waals surface area contributed by atoms with Crippen LogP contribution in [0.2, 0.25) is 0 Å². The highest BCUT2D eigenvalue weighted by Crippen LogP contribution is 2.24. The van der Waals surface area contributed by atoms with E-state index in [0.29, 0.717) is 22.3 Å². The Bertz CT molecular complexity index is 670. The molecule has 0 saturated heterocycles. The monoisotopic (exact) mass is 280 g/mol. The van der Waals surface area contributed by atoms with Gasteiger partial charge in [0.05, 0.1) is 7.11 Å². The largest absolute Gasteiger partial charge is 0.466 e. The molecule has 2 aromatic carbocycles. The van der Waals surface area contributed by atoms with Crippen LogP contribution in [-0.2, 0) is 9.53 Å². The maximum atomic E-state index is 12.7. The minimum atomic E-state index is -0.502. The molecule has 0 amide bonds. The van der Waals surface area contributed by atoms with Crippen molar-refractivity contribution in [3.8, 4) is 0 Å². The molecule has 0 saturated carbocycles. The third-order valence-electron chi connectivity index (χ3n) is 3.19. The van der Waals surface area contributed by atoms with Gasteiger partial charge in [-0.3, -0.25) is 4.79 Å². The van der Waals surface area contributed by atoms with Gasteiger partial charge >= 0.3 is 5.97 Å². The maximum Gasteiger partial charge on any atom is 0.334 e. The molecular formula is C18H16O3. The van der Waals surface area contributed by atoms with E-state index < -0.39 is 5.97 Å². The second-order valence-electron chi connectivity index (χ2n) is 4.55. The molecule has 2 aromatic rings. The number of allylic oxidation sites excluding steroid dienone is 1. The zero-order valence-electron chi connectivity index (χ0n) is 12.0. The van der Waals surface area contributed by atoms with Gasteiger partial charge in [-0.05, 0) is 12.5 Å². The van der Waals surface area contributed by atoms with Gasteiger partial charge in [-0.1, -0.05) is 60.7 Å². The van der Waals surface area contributed by atoms with Crippen LogP contribution in [0.5, 0.6) is 0 Å². The van der Waals surface area contributed by atoms with Crippen LogP contribution < -0.4 is 0 Å². The normalized spacial score (nSPS) is 11.5. The van der Waals surface area contributed by atoms with Crippen molar-refractivity contribution in [2.75, 3.05) is 7.11 Å². The third kappa shape index (κ3) is 3.26. The molecule has 0 aromatic heterocycles. The summed E-state index contributed by atoms with van der Waals surface area (Å²) in [7, 11) is 1.31. The van der Waals surface area contributed by atoms with Crippen LogP contribution in [0.15, 0.2) is 66.2 Å². The van der Waals surface area contributed by atoms with E-state index in [1.54, 1.807) is 31.2 Å². The minimum Gasteiger partial charge on any atom is -0.466 e. The van der Waals surface area contributed by atoms with Crippen LogP contribution >= 0.6 is 0 Å². The summed E-state index contributed by atoms with van der Waals surface area (Å²) in [6.45, 7) is 1.61. The molecule has 0 spiro atoms. The second-order valence-corrected chi connectivity index (χ2v) is 4.55. The molecule has 0 atom stereocenters. The van der Waals surface area contributed by atoms with Gasteiger partial charge in [0, 0.05) is 16.7 Å². The van der Waals surface area contributed by atoms with E-state index in [1.165, 1.54) is 7.11 Å². The quantitative estimate of drug-likeness (QED) is 0.489. The van der Waals surface area contributed by atoms with Crippen LogP contribution in [0.4, 0.5) is 0 Å².